The highest BCUT2D eigenvalue weighted by atomic mass is 32.2. The number of nitrogens with zero attached hydrogens (tertiary/aromatic N) is 5. The van der Waals surface area contributed by atoms with Gasteiger partial charge in [0.05, 0.1) is 29.5 Å². The van der Waals surface area contributed by atoms with E-state index in [-0.39, 0.29) is 17.8 Å². The standard InChI is InChI=1S/C24H19N5O4S/c1-33-21-12-5-2-8-17(21)14-27-22(30)19-10-3-4-11-20(19)28-23(27)25-26-24(28)34-15-16-7-6-9-18(13-16)29(31)32/h2-13H,14-15H2,1H3. The number of aromatic nitrogens is 4. The number of hydrogen-bond donors (Lipinski definition) is 0. The third-order valence-corrected chi connectivity index (χ3v) is 6.49. The molecule has 0 bridgehead atoms. The number of para-hydroxylation sites is 2. The van der Waals surface area contributed by atoms with Crippen molar-refractivity contribution in [2.45, 2.75) is 17.5 Å². The number of fused-ring (bicyclic) bond motifs is 3. The van der Waals surface area contributed by atoms with Gasteiger partial charge in [-0.1, -0.05) is 54.2 Å². The van der Waals surface area contributed by atoms with Crippen molar-refractivity contribution in [1.82, 2.24) is 19.2 Å². The molecule has 5 aromatic rings. The summed E-state index contributed by atoms with van der Waals surface area (Å²) in [7, 11) is 1.59. The topological polar surface area (TPSA) is 105 Å². The summed E-state index contributed by atoms with van der Waals surface area (Å²) in [5.74, 6) is 1.55. The molecule has 0 N–H and O–H groups in total. The van der Waals surface area contributed by atoms with E-state index in [0.717, 1.165) is 11.1 Å². The van der Waals surface area contributed by atoms with Gasteiger partial charge in [-0.15, -0.1) is 10.2 Å². The second-order valence-corrected chi connectivity index (χ2v) is 8.50. The molecule has 5 rings (SSSR count). The van der Waals surface area contributed by atoms with Gasteiger partial charge in [0.15, 0.2) is 5.16 Å². The van der Waals surface area contributed by atoms with E-state index in [2.05, 4.69) is 10.2 Å². The van der Waals surface area contributed by atoms with Gasteiger partial charge in [-0.05, 0) is 23.8 Å². The number of non-ortho nitro benzene ring substituents is 1. The van der Waals surface area contributed by atoms with Crippen LogP contribution in [0.4, 0.5) is 5.69 Å². The molecule has 0 amide bonds. The minimum absolute atomic E-state index is 0.0419. The fraction of sp³-hybridized carbons (Fsp3) is 0.125. The number of rotatable bonds is 7. The lowest BCUT2D eigenvalue weighted by molar-refractivity contribution is -0.384. The molecular weight excluding hydrogens is 454 g/mol. The van der Waals surface area contributed by atoms with Gasteiger partial charge in [0, 0.05) is 23.4 Å². The molecule has 0 atom stereocenters. The number of nitro groups is 1. The molecule has 3 aromatic carbocycles. The predicted octanol–water partition coefficient (Wildman–Crippen LogP) is 4.30. The maximum absolute atomic E-state index is 13.4. The van der Waals surface area contributed by atoms with Crippen LogP contribution in [0.25, 0.3) is 16.7 Å². The van der Waals surface area contributed by atoms with Crippen LogP contribution >= 0.6 is 11.8 Å². The molecule has 0 radical (unpaired) electrons. The summed E-state index contributed by atoms with van der Waals surface area (Å²) >= 11 is 1.40. The van der Waals surface area contributed by atoms with E-state index in [1.165, 1.54) is 17.8 Å². The molecule has 0 saturated carbocycles. The first-order chi connectivity index (χ1) is 16.6. The molecule has 0 spiro atoms. The van der Waals surface area contributed by atoms with E-state index < -0.39 is 4.92 Å². The molecule has 0 aliphatic carbocycles. The lowest BCUT2D eigenvalue weighted by atomic mass is 10.2. The molecule has 2 aromatic heterocycles. The van der Waals surface area contributed by atoms with E-state index in [1.54, 1.807) is 29.9 Å². The molecule has 0 aliphatic heterocycles. The summed E-state index contributed by atoms with van der Waals surface area (Å²) in [6, 6.07) is 21.4. The summed E-state index contributed by atoms with van der Waals surface area (Å²) in [6.07, 6.45) is 0. The Labute approximate surface area is 197 Å². The molecule has 0 aliphatic rings. The Kier molecular flexibility index (Phi) is 5.72. The Morgan fingerprint density at radius 2 is 1.82 bits per heavy atom. The van der Waals surface area contributed by atoms with Gasteiger partial charge in [-0.25, -0.2) is 0 Å². The van der Waals surface area contributed by atoms with Gasteiger partial charge in [0.25, 0.3) is 11.2 Å². The second kappa shape index (κ2) is 8.99. The SMILES string of the molecule is COc1ccccc1Cn1c(=O)c2ccccc2n2c(SCc3cccc([N+](=O)[O-])c3)nnc12. The predicted molar refractivity (Wildman–Crippen MR) is 130 cm³/mol. The Morgan fingerprint density at radius 1 is 1.03 bits per heavy atom. The Hall–Kier alpha value is -4.18. The zero-order valence-electron chi connectivity index (χ0n) is 18.1. The van der Waals surface area contributed by atoms with Crippen LogP contribution in [0.15, 0.2) is 82.7 Å². The fourth-order valence-electron chi connectivity index (χ4n) is 3.88. The summed E-state index contributed by atoms with van der Waals surface area (Å²) in [5, 5.41) is 20.9. The van der Waals surface area contributed by atoms with Gasteiger partial charge in [-0.3, -0.25) is 23.9 Å². The van der Waals surface area contributed by atoms with E-state index >= 15 is 0 Å². The zero-order chi connectivity index (χ0) is 23.7. The number of benzene rings is 3. The minimum Gasteiger partial charge on any atom is -0.496 e. The minimum atomic E-state index is -0.412. The van der Waals surface area contributed by atoms with Crippen LogP contribution in [-0.2, 0) is 12.3 Å². The number of methoxy groups -OCH3 is 1. The first kappa shape index (κ1) is 21.7. The lowest BCUT2D eigenvalue weighted by Gasteiger charge is -2.13. The van der Waals surface area contributed by atoms with E-state index in [0.29, 0.717) is 33.3 Å². The lowest BCUT2D eigenvalue weighted by Crippen LogP contribution is -2.24. The van der Waals surface area contributed by atoms with E-state index in [4.69, 9.17) is 4.74 Å². The van der Waals surface area contributed by atoms with Crippen molar-refractivity contribution in [2.75, 3.05) is 7.11 Å². The van der Waals surface area contributed by atoms with Crippen molar-refractivity contribution >= 4 is 34.1 Å². The summed E-state index contributed by atoms with van der Waals surface area (Å²) in [6.45, 7) is 0.269. The monoisotopic (exact) mass is 473 g/mol. The molecule has 10 heteroatoms. The molecule has 0 fully saturated rings. The van der Waals surface area contributed by atoms with Crippen molar-refractivity contribution in [2.24, 2.45) is 0 Å². The summed E-state index contributed by atoms with van der Waals surface area (Å²) < 4.78 is 8.91. The Bertz CT molecular complexity index is 1590. The molecule has 0 saturated heterocycles. The molecule has 170 valence electrons. The maximum atomic E-state index is 13.4. The molecular formula is C24H19N5O4S. The molecule has 34 heavy (non-hydrogen) atoms. The van der Waals surface area contributed by atoms with Crippen LogP contribution in [0.5, 0.6) is 5.75 Å². The van der Waals surface area contributed by atoms with Crippen LogP contribution in [-0.4, -0.2) is 31.2 Å². The van der Waals surface area contributed by atoms with Crippen LogP contribution in [0, 0.1) is 10.1 Å². The average Bonchev–Trinajstić information content (AvgIpc) is 3.29. The first-order valence-electron chi connectivity index (χ1n) is 10.4. The van der Waals surface area contributed by atoms with Gasteiger partial charge in [0.2, 0.25) is 5.78 Å². The third kappa shape index (κ3) is 3.88. The van der Waals surface area contributed by atoms with Crippen LogP contribution in [0.1, 0.15) is 11.1 Å². The summed E-state index contributed by atoms with van der Waals surface area (Å²) in [4.78, 5) is 24.1. The first-order valence-corrected chi connectivity index (χ1v) is 11.4. The summed E-state index contributed by atoms with van der Waals surface area (Å²) in [5.41, 5.74) is 2.21. The largest absolute Gasteiger partial charge is 0.496 e. The quantitative estimate of drug-likeness (QED) is 0.197. The van der Waals surface area contributed by atoms with Gasteiger partial charge in [0.1, 0.15) is 5.75 Å². The molecule has 2 heterocycles. The van der Waals surface area contributed by atoms with Crippen molar-refractivity contribution in [3.05, 3.63) is 104 Å². The number of thioether (sulfide) groups is 1. The van der Waals surface area contributed by atoms with Crippen LogP contribution in [0.3, 0.4) is 0 Å². The smallest absolute Gasteiger partial charge is 0.269 e. The van der Waals surface area contributed by atoms with E-state index in [9.17, 15) is 14.9 Å². The maximum Gasteiger partial charge on any atom is 0.269 e. The normalized spacial score (nSPS) is 11.2. The number of nitro benzene ring substituents is 1. The highest BCUT2D eigenvalue weighted by molar-refractivity contribution is 7.98. The second-order valence-electron chi connectivity index (χ2n) is 7.55. The van der Waals surface area contributed by atoms with Crippen molar-refractivity contribution in [1.29, 1.82) is 0 Å². The van der Waals surface area contributed by atoms with Crippen LogP contribution in [0.2, 0.25) is 0 Å². The van der Waals surface area contributed by atoms with Crippen LogP contribution < -0.4 is 10.3 Å². The number of ether oxygens (including phenoxy) is 1. The Balaban J connectivity index is 1.61. The van der Waals surface area contributed by atoms with Gasteiger partial charge >= 0.3 is 0 Å². The fourth-order valence-corrected chi connectivity index (χ4v) is 4.76. The van der Waals surface area contributed by atoms with Gasteiger partial charge in [-0.2, -0.15) is 0 Å². The van der Waals surface area contributed by atoms with E-state index in [1.807, 2.05) is 52.9 Å². The highest BCUT2D eigenvalue weighted by Crippen LogP contribution is 2.27. The molecule has 0 unspecified atom stereocenters. The average molecular weight is 474 g/mol. The van der Waals surface area contributed by atoms with Crippen molar-refractivity contribution in [3.8, 4) is 5.75 Å². The zero-order valence-corrected chi connectivity index (χ0v) is 18.9. The number of hydrogen-bond acceptors (Lipinski definition) is 7. The highest BCUT2D eigenvalue weighted by Gasteiger charge is 2.18. The van der Waals surface area contributed by atoms with Crippen molar-refractivity contribution < 1.29 is 9.66 Å². The van der Waals surface area contributed by atoms with Gasteiger partial charge < -0.3 is 4.74 Å². The molecule has 9 nitrogen and oxygen atoms in total. The Morgan fingerprint density at radius 3 is 2.65 bits per heavy atom. The van der Waals surface area contributed by atoms with Crippen molar-refractivity contribution in [3.63, 3.8) is 0 Å². The third-order valence-electron chi connectivity index (χ3n) is 5.49.